The molecule has 2 N–H and O–H groups in total. The first-order chi connectivity index (χ1) is 11.7. The molecule has 0 aromatic heterocycles. The van der Waals surface area contributed by atoms with Crippen molar-refractivity contribution in [3.8, 4) is 0 Å². The van der Waals surface area contributed by atoms with Crippen LogP contribution < -0.4 is 5.32 Å². The predicted molar refractivity (Wildman–Crippen MR) is 102 cm³/mol. The van der Waals surface area contributed by atoms with Crippen molar-refractivity contribution in [3.05, 3.63) is 35.4 Å². The molecule has 1 saturated heterocycles. The molecule has 25 heavy (non-hydrogen) atoms. The van der Waals surface area contributed by atoms with E-state index in [2.05, 4.69) is 10.3 Å². The number of nitrogens with zero attached hydrogens (tertiary/aromatic N) is 2. The fraction of sp³-hybridized carbons (Fsp3) is 0.611. The van der Waals surface area contributed by atoms with Gasteiger partial charge in [-0.1, -0.05) is 29.8 Å². The molecule has 1 aromatic carbocycles. The fourth-order valence-electron chi connectivity index (χ4n) is 2.91. The number of guanidine groups is 1. The van der Waals surface area contributed by atoms with Crippen molar-refractivity contribution in [1.82, 2.24) is 10.2 Å². The van der Waals surface area contributed by atoms with E-state index in [-0.39, 0.29) is 12.3 Å². The average molecular weight is 368 g/mol. The maximum absolute atomic E-state index is 12.2. The topological polar surface area (TPSA) is 82.0 Å². The molecule has 0 spiro atoms. The quantitative estimate of drug-likeness (QED) is 0.623. The van der Waals surface area contributed by atoms with Gasteiger partial charge in [0.15, 0.2) is 15.8 Å². The highest BCUT2D eigenvalue weighted by atomic mass is 32.2. The molecule has 0 saturated carbocycles. The highest BCUT2D eigenvalue weighted by Gasteiger charge is 2.40. The van der Waals surface area contributed by atoms with E-state index >= 15 is 0 Å². The Hall–Kier alpha value is -1.60. The lowest BCUT2D eigenvalue weighted by molar-refractivity contribution is 0.186. The number of aliphatic imine (C=N–C) groups is 1. The number of hydrogen-bond acceptors (Lipinski definition) is 4. The van der Waals surface area contributed by atoms with Crippen LogP contribution in [0.25, 0.3) is 0 Å². The molecule has 7 heteroatoms. The SMILES string of the molecule is CCNC(=NCC(O)c1cccc(C)c1)N1CCS(=O)(=O)C(C)(C)C1. The van der Waals surface area contributed by atoms with Gasteiger partial charge >= 0.3 is 0 Å². The van der Waals surface area contributed by atoms with E-state index in [1.807, 2.05) is 43.0 Å². The summed E-state index contributed by atoms with van der Waals surface area (Å²) in [7, 11) is -3.10. The number of benzene rings is 1. The van der Waals surface area contributed by atoms with Crippen molar-refractivity contribution < 1.29 is 13.5 Å². The summed E-state index contributed by atoms with van der Waals surface area (Å²) in [6.07, 6.45) is -0.685. The van der Waals surface area contributed by atoms with E-state index in [0.717, 1.165) is 11.1 Å². The molecule has 0 radical (unpaired) electrons. The monoisotopic (exact) mass is 367 g/mol. The van der Waals surface area contributed by atoms with E-state index < -0.39 is 20.7 Å². The van der Waals surface area contributed by atoms with Crippen LogP contribution in [0.15, 0.2) is 29.3 Å². The second-order valence-corrected chi connectivity index (χ2v) is 9.87. The minimum absolute atomic E-state index is 0.116. The molecule has 0 aliphatic carbocycles. The Morgan fingerprint density at radius 2 is 2.16 bits per heavy atom. The van der Waals surface area contributed by atoms with E-state index in [4.69, 9.17) is 0 Å². The van der Waals surface area contributed by atoms with E-state index in [1.54, 1.807) is 13.8 Å². The van der Waals surface area contributed by atoms with Gasteiger partial charge in [0.05, 0.1) is 23.1 Å². The Bertz CT molecular complexity index is 729. The molecule has 140 valence electrons. The summed E-state index contributed by atoms with van der Waals surface area (Å²) >= 11 is 0. The standard InChI is InChI=1S/C18H29N3O3S/c1-5-19-17(21-9-10-25(23,24)18(3,4)13-21)20-12-16(22)15-8-6-7-14(2)11-15/h6-8,11,16,22H,5,9-10,12-13H2,1-4H3,(H,19,20). The number of aryl methyl sites for hydroxylation is 1. The van der Waals surface area contributed by atoms with Gasteiger partial charge in [0.25, 0.3) is 0 Å². The second kappa shape index (κ2) is 7.74. The largest absolute Gasteiger partial charge is 0.386 e. The third kappa shape index (κ3) is 4.73. The van der Waals surface area contributed by atoms with Gasteiger partial charge < -0.3 is 15.3 Å². The molecule has 1 aromatic rings. The van der Waals surface area contributed by atoms with Crippen LogP contribution in [0.4, 0.5) is 0 Å². The van der Waals surface area contributed by atoms with Crippen LogP contribution in [0, 0.1) is 6.92 Å². The zero-order valence-electron chi connectivity index (χ0n) is 15.5. The van der Waals surface area contributed by atoms with Crippen molar-refractivity contribution >= 4 is 15.8 Å². The van der Waals surface area contributed by atoms with Crippen molar-refractivity contribution in [3.63, 3.8) is 0 Å². The first-order valence-corrected chi connectivity index (χ1v) is 10.3. The van der Waals surface area contributed by atoms with E-state index in [9.17, 15) is 13.5 Å². The van der Waals surface area contributed by atoms with Crippen LogP contribution >= 0.6 is 0 Å². The Kier molecular flexibility index (Phi) is 6.11. The molecular formula is C18H29N3O3S. The Morgan fingerprint density at radius 1 is 1.44 bits per heavy atom. The molecular weight excluding hydrogens is 338 g/mol. The van der Waals surface area contributed by atoms with Crippen LogP contribution in [0.1, 0.15) is 38.0 Å². The summed E-state index contributed by atoms with van der Waals surface area (Å²) in [6.45, 7) is 9.18. The number of rotatable bonds is 4. The van der Waals surface area contributed by atoms with Gasteiger partial charge in [0.1, 0.15) is 0 Å². The maximum atomic E-state index is 12.2. The van der Waals surface area contributed by atoms with Crippen molar-refractivity contribution in [1.29, 1.82) is 0 Å². The highest BCUT2D eigenvalue weighted by Crippen LogP contribution is 2.24. The lowest BCUT2D eigenvalue weighted by Crippen LogP contribution is -2.57. The molecule has 1 aliphatic rings. The first-order valence-electron chi connectivity index (χ1n) is 8.66. The summed E-state index contributed by atoms with van der Waals surface area (Å²) in [4.78, 5) is 6.51. The van der Waals surface area contributed by atoms with Crippen LogP contribution in [0.5, 0.6) is 0 Å². The lowest BCUT2D eigenvalue weighted by Gasteiger charge is -2.39. The molecule has 1 aliphatic heterocycles. The molecule has 2 rings (SSSR count). The molecule has 6 nitrogen and oxygen atoms in total. The van der Waals surface area contributed by atoms with Crippen molar-refractivity contribution in [2.24, 2.45) is 4.99 Å². The summed E-state index contributed by atoms with van der Waals surface area (Å²) in [5.74, 6) is 0.766. The third-order valence-corrected chi connectivity index (χ3v) is 7.05. The molecule has 1 fully saturated rings. The summed E-state index contributed by atoms with van der Waals surface area (Å²) in [5, 5.41) is 13.6. The maximum Gasteiger partial charge on any atom is 0.194 e. The van der Waals surface area contributed by atoms with Gasteiger partial charge in [-0.05, 0) is 33.3 Å². The molecule has 0 bridgehead atoms. The summed E-state index contributed by atoms with van der Waals surface area (Å²) < 4.78 is 23.6. The smallest absolute Gasteiger partial charge is 0.194 e. The minimum Gasteiger partial charge on any atom is -0.386 e. The van der Waals surface area contributed by atoms with Crippen LogP contribution in [0.3, 0.4) is 0 Å². The van der Waals surface area contributed by atoms with Gasteiger partial charge in [0, 0.05) is 19.6 Å². The lowest BCUT2D eigenvalue weighted by atomic mass is 10.1. The van der Waals surface area contributed by atoms with Gasteiger partial charge in [-0.25, -0.2) is 8.42 Å². The first kappa shape index (κ1) is 19.7. The molecule has 0 amide bonds. The zero-order chi connectivity index (χ0) is 18.7. The number of aliphatic hydroxyl groups is 1. The van der Waals surface area contributed by atoms with Crippen molar-refractivity contribution in [2.45, 2.75) is 38.5 Å². The van der Waals surface area contributed by atoms with Crippen LogP contribution in [-0.4, -0.2) is 61.1 Å². The second-order valence-electron chi connectivity index (χ2n) is 7.12. The Morgan fingerprint density at radius 3 is 2.76 bits per heavy atom. The van der Waals surface area contributed by atoms with Gasteiger partial charge in [0.2, 0.25) is 0 Å². The average Bonchev–Trinajstić information content (AvgIpc) is 2.54. The number of nitrogens with one attached hydrogen (secondary N) is 1. The highest BCUT2D eigenvalue weighted by molar-refractivity contribution is 7.92. The summed E-state index contributed by atoms with van der Waals surface area (Å²) in [6, 6.07) is 7.74. The predicted octanol–water partition coefficient (Wildman–Crippen LogP) is 1.50. The normalized spacial score (nSPS) is 21.0. The third-order valence-electron chi connectivity index (χ3n) is 4.52. The molecule has 1 atom stereocenters. The number of hydrogen-bond donors (Lipinski definition) is 2. The fourth-order valence-corrected chi connectivity index (χ4v) is 4.27. The van der Waals surface area contributed by atoms with Gasteiger partial charge in [-0.3, -0.25) is 4.99 Å². The van der Waals surface area contributed by atoms with Gasteiger partial charge in [-0.2, -0.15) is 0 Å². The summed E-state index contributed by atoms with van der Waals surface area (Å²) in [5.41, 5.74) is 1.93. The number of sulfone groups is 1. The Labute approximate surface area is 150 Å². The number of aliphatic hydroxyl groups excluding tert-OH is 1. The molecule has 1 heterocycles. The van der Waals surface area contributed by atoms with Crippen molar-refractivity contribution in [2.75, 3.05) is 31.9 Å². The van der Waals surface area contributed by atoms with Gasteiger partial charge in [-0.15, -0.1) is 0 Å². The minimum atomic E-state index is -3.10. The Balaban J connectivity index is 2.13. The molecule has 1 unspecified atom stereocenters. The van der Waals surface area contributed by atoms with E-state index in [0.29, 0.717) is 25.6 Å². The zero-order valence-corrected chi connectivity index (χ0v) is 16.3. The van der Waals surface area contributed by atoms with Crippen LogP contribution in [0.2, 0.25) is 0 Å². The van der Waals surface area contributed by atoms with E-state index in [1.165, 1.54) is 0 Å². The van der Waals surface area contributed by atoms with Crippen LogP contribution in [-0.2, 0) is 9.84 Å².